The molecule has 2 atom stereocenters. The van der Waals surface area contributed by atoms with E-state index in [0.29, 0.717) is 17.8 Å². The second kappa shape index (κ2) is 5.02. The van der Waals surface area contributed by atoms with E-state index in [2.05, 4.69) is 6.07 Å². The van der Waals surface area contributed by atoms with Crippen LogP contribution in [-0.2, 0) is 0 Å². The molecule has 0 saturated carbocycles. The number of hydrogen-bond donors (Lipinski definition) is 1. The average Bonchev–Trinajstić information content (AvgIpc) is 2.81. The predicted molar refractivity (Wildman–Crippen MR) is 81.3 cm³/mol. The fourth-order valence-electron chi connectivity index (χ4n) is 2.77. The maximum atomic E-state index is 12.6. The highest BCUT2D eigenvalue weighted by atomic mass is 16.2. The largest absolute Gasteiger partial charge is 0.329 e. The molecule has 1 N–H and O–H groups in total. The third kappa shape index (κ3) is 2.17. The smallest absolute Gasteiger partial charge is 0.254 e. The number of nitrogens with one attached hydrogen (secondary N) is 1. The lowest BCUT2D eigenvalue weighted by atomic mass is 10.1. The molecule has 2 aromatic rings. The minimum absolute atomic E-state index is 0.115. The first-order valence-corrected chi connectivity index (χ1v) is 6.89. The van der Waals surface area contributed by atoms with E-state index in [1.54, 1.807) is 17.9 Å². The average molecular weight is 277 g/mol. The highest BCUT2D eigenvalue weighted by Gasteiger charge is 2.37. The van der Waals surface area contributed by atoms with E-state index in [-0.39, 0.29) is 11.9 Å². The van der Waals surface area contributed by atoms with Crippen molar-refractivity contribution in [3.05, 3.63) is 48.0 Å². The van der Waals surface area contributed by atoms with Gasteiger partial charge in [0.05, 0.1) is 17.8 Å². The van der Waals surface area contributed by atoms with Crippen molar-refractivity contribution >= 4 is 22.4 Å². The van der Waals surface area contributed by atoms with Crippen molar-refractivity contribution in [2.24, 2.45) is 5.92 Å². The summed E-state index contributed by atoms with van der Waals surface area (Å²) in [5.74, 6) is -0.597. The number of nitrogens with zero attached hydrogens (tertiary/aromatic N) is 2. The van der Waals surface area contributed by atoms with Crippen molar-refractivity contribution in [3.63, 3.8) is 0 Å². The first kappa shape index (κ1) is 13.3. The highest BCUT2D eigenvalue weighted by molar-refractivity contribution is 6.04. The summed E-state index contributed by atoms with van der Waals surface area (Å²) >= 11 is 0. The van der Waals surface area contributed by atoms with E-state index in [4.69, 9.17) is 10.7 Å². The van der Waals surface area contributed by atoms with Crippen LogP contribution >= 0.6 is 0 Å². The first-order valence-electron chi connectivity index (χ1n) is 6.89. The van der Waals surface area contributed by atoms with Gasteiger partial charge in [-0.2, -0.15) is 5.26 Å². The molecule has 4 nitrogen and oxygen atoms in total. The van der Waals surface area contributed by atoms with E-state index < -0.39 is 5.92 Å². The van der Waals surface area contributed by atoms with Gasteiger partial charge in [0.1, 0.15) is 5.92 Å². The SMILES string of the molecule is C[C@@H]1C(=N)C(C#N)CN1C(=O)c1ccc2ccccc2c1. The van der Waals surface area contributed by atoms with Crippen LogP contribution < -0.4 is 0 Å². The molecule has 104 valence electrons. The Kier molecular flexibility index (Phi) is 3.19. The van der Waals surface area contributed by atoms with E-state index in [0.717, 1.165) is 10.8 Å². The van der Waals surface area contributed by atoms with Crippen molar-refractivity contribution < 1.29 is 4.79 Å². The lowest BCUT2D eigenvalue weighted by Gasteiger charge is -2.21. The van der Waals surface area contributed by atoms with Gasteiger partial charge in [0.15, 0.2) is 0 Å². The number of carbonyl (C=O) groups is 1. The molecule has 1 unspecified atom stereocenters. The number of benzene rings is 2. The van der Waals surface area contributed by atoms with E-state index in [1.165, 1.54) is 0 Å². The van der Waals surface area contributed by atoms with Crippen LogP contribution in [0.3, 0.4) is 0 Å². The van der Waals surface area contributed by atoms with Crippen LogP contribution in [-0.4, -0.2) is 29.1 Å². The van der Waals surface area contributed by atoms with Crippen molar-refractivity contribution in [1.29, 1.82) is 10.7 Å². The quantitative estimate of drug-likeness (QED) is 0.870. The molecule has 21 heavy (non-hydrogen) atoms. The Morgan fingerprint density at radius 1 is 1.29 bits per heavy atom. The fourth-order valence-corrected chi connectivity index (χ4v) is 2.77. The number of rotatable bonds is 1. The van der Waals surface area contributed by atoms with Crippen LogP contribution in [0.5, 0.6) is 0 Å². The molecule has 0 aromatic heterocycles. The number of nitriles is 1. The zero-order chi connectivity index (χ0) is 15.0. The molecule has 1 heterocycles. The highest BCUT2D eigenvalue weighted by Crippen LogP contribution is 2.23. The lowest BCUT2D eigenvalue weighted by Crippen LogP contribution is -2.35. The molecule has 0 aliphatic carbocycles. The van der Waals surface area contributed by atoms with Gasteiger partial charge in [0.2, 0.25) is 0 Å². The minimum atomic E-state index is -0.482. The second-order valence-electron chi connectivity index (χ2n) is 5.33. The van der Waals surface area contributed by atoms with Crippen molar-refractivity contribution in [3.8, 4) is 6.07 Å². The van der Waals surface area contributed by atoms with E-state index in [1.807, 2.05) is 36.4 Å². The summed E-state index contributed by atoms with van der Waals surface area (Å²) in [5, 5.41) is 19.1. The van der Waals surface area contributed by atoms with Crippen LogP contribution in [0.15, 0.2) is 42.5 Å². The molecule has 3 rings (SSSR count). The molecule has 0 radical (unpaired) electrons. The van der Waals surface area contributed by atoms with E-state index in [9.17, 15) is 4.79 Å². The summed E-state index contributed by atoms with van der Waals surface area (Å²) in [6, 6.07) is 15.3. The summed E-state index contributed by atoms with van der Waals surface area (Å²) in [7, 11) is 0. The molecule has 0 bridgehead atoms. The van der Waals surface area contributed by atoms with Crippen LogP contribution in [0, 0.1) is 22.7 Å². The van der Waals surface area contributed by atoms with Gasteiger partial charge in [-0.15, -0.1) is 0 Å². The van der Waals surface area contributed by atoms with E-state index >= 15 is 0 Å². The Morgan fingerprint density at radius 2 is 2.00 bits per heavy atom. The molecule has 1 saturated heterocycles. The summed E-state index contributed by atoms with van der Waals surface area (Å²) in [6.45, 7) is 2.11. The maximum Gasteiger partial charge on any atom is 0.254 e. The Balaban J connectivity index is 1.94. The van der Waals surface area contributed by atoms with Gasteiger partial charge < -0.3 is 10.3 Å². The fraction of sp³-hybridized carbons (Fsp3) is 0.235. The number of fused-ring (bicyclic) bond motifs is 1. The molecule has 2 aromatic carbocycles. The molecule has 4 heteroatoms. The molecule has 1 amide bonds. The topological polar surface area (TPSA) is 68.0 Å². The van der Waals surface area contributed by atoms with Gasteiger partial charge in [-0.25, -0.2) is 0 Å². The summed E-state index contributed by atoms with van der Waals surface area (Å²) < 4.78 is 0. The summed E-state index contributed by atoms with van der Waals surface area (Å²) in [5.41, 5.74) is 0.929. The molecular weight excluding hydrogens is 262 g/mol. The van der Waals surface area contributed by atoms with Gasteiger partial charge in [0.25, 0.3) is 5.91 Å². The molecule has 0 spiro atoms. The number of amides is 1. The number of carbonyl (C=O) groups excluding carboxylic acids is 1. The van der Waals surface area contributed by atoms with Crippen LogP contribution in [0.4, 0.5) is 0 Å². The Bertz CT molecular complexity index is 775. The van der Waals surface area contributed by atoms with Crippen LogP contribution in [0.25, 0.3) is 10.8 Å². The maximum absolute atomic E-state index is 12.6. The van der Waals surface area contributed by atoms with Gasteiger partial charge in [-0.3, -0.25) is 4.79 Å². The van der Waals surface area contributed by atoms with Gasteiger partial charge in [-0.1, -0.05) is 30.3 Å². The van der Waals surface area contributed by atoms with Crippen LogP contribution in [0.1, 0.15) is 17.3 Å². The summed E-state index contributed by atoms with van der Waals surface area (Å²) in [4.78, 5) is 14.2. The standard InChI is InChI=1S/C17H15N3O/c1-11-16(19)15(9-18)10-20(11)17(21)14-7-6-12-4-2-3-5-13(12)8-14/h2-8,11,15,19H,10H2,1H3/t11-,15?/m1/s1. The molecule has 1 aliphatic rings. The van der Waals surface area contributed by atoms with Crippen molar-refractivity contribution in [1.82, 2.24) is 4.90 Å². The zero-order valence-electron chi connectivity index (χ0n) is 11.7. The third-order valence-corrected chi connectivity index (χ3v) is 4.09. The Hall–Kier alpha value is -2.67. The first-order chi connectivity index (χ1) is 10.1. The Morgan fingerprint density at radius 3 is 2.67 bits per heavy atom. The third-order valence-electron chi connectivity index (χ3n) is 4.09. The molecular formula is C17H15N3O. The van der Waals surface area contributed by atoms with Gasteiger partial charge in [0, 0.05) is 12.1 Å². The predicted octanol–water partition coefficient (Wildman–Crippen LogP) is 2.84. The van der Waals surface area contributed by atoms with Crippen LogP contribution in [0.2, 0.25) is 0 Å². The lowest BCUT2D eigenvalue weighted by molar-refractivity contribution is 0.0757. The van der Waals surface area contributed by atoms with Gasteiger partial charge >= 0.3 is 0 Å². The second-order valence-corrected chi connectivity index (χ2v) is 5.33. The van der Waals surface area contributed by atoms with Crippen molar-refractivity contribution in [2.75, 3.05) is 6.54 Å². The number of likely N-dealkylation sites (tertiary alicyclic amines) is 1. The summed E-state index contributed by atoms with van der Waals surface area (Å²) in [6.07, 6.45) is 0. The monoisotopic (exact) mass is 277 g/mol. The number of hydrogen-bond acceptors (Lipinski definition) is 3. The minimum Gasteiger partial charge on any atom is -0.329 e. The Labute approximate surface area is 123 Å². The van der Waals surface area contributed by atoms with Crippen molar-refractivity contribution in [2.45, 2.75) is 13.0 Å². The molecule has 1 aliphatic heterocycles. The molecule has 1 fully saturated rings. The zero-order valence-corrected chi connectivity index (χ0v) is 11.7. The van der Waals surface area contributed by atoms with Gasteiger partial charge in [-0.05, 0) is 29.8 Å². The normalized spacial score (nSPS) is 21.5.